The summed E-state index contributed by atoms with van der Waals surface area (Å²) in [7, 11) is 0. The van der Waals surface area contributed by atoms with Gasteiger partial charge in [0.1, 0.15) is 6.10 Å². The molecule has 1 atom stereocenters. The summed E-state index contributed by atoms with van der Waals surface area (Å²) >= 11 is 0. The molecule has 0 spiro atoms. The molecule has 0 rings (SSSR count). The summed E-state index contributed by atoms with van der Waals surface area (Å²) in [6.45, 7) is 10.4. The molecule has 0 aliphatic heterocycles. The van der Waals surface area contributed by atoms with Gasteiger partial charge >= 0.3 is 0 Å². The minimum Gasteiger partial charge on any atom is -0.369 e. The summed E-state index contributed by atoms with van der Waals surface area (Å²) in [4.78, 5) is 14.0. The Hall–Kier alpha value is -0.570. The number of unbranched alkanes of at least 4 members (excludes halogenated alkanes) is 2. The molecule has 0 N–H and O–H groups in total. The number of hydrogen-bond acceptors (Lipinski definition) is 2. The average Bonchev–Trinajstić information content (AvgIpc) is 2.29. The molecule has 96 valence electrons. The smallest absolute Gasteiger partial charge is 0.251 e. The third-order valence-corrected chi connectivity index (χ3v) is 2.64. The SMILES string of the molecule is CCCCN(CCCC)C(=O)C(C)OCC. The van der Waals surface area contributed by atoms with Gasteiger partial charge in [0, 0.05) is 19.7 Å². The molecule has 1 amide bonds. The highest BCUT2D eigenvalue weighted by Crippen LogP contribution is 2.04. The highest BCUT2D eigenvalue weighted by molar-refractivity contribution is 5.80. The summed E-state index contributed by atoms with van der Waals surface area (Å²) in [5.74, 6) is 0.142. The van der Waals surface area contributed by atoms with E-state index in [9.17, 15) is 4.79 Å². The molecule has 0 aromatic rings. The van der Waals surface area contributed by atoms with Crippen LogP contribution in [0.3, 0.4) is 0 Å². The molecule has 0 aromatic carbocycles. The Kier molecular flexibility index (Phi) is 9.30. The van der Waals surface area contributed by atoms with Gasteiger partial charge in [0.05, 0.1) is 0 Å². The molecule has 1 unspecified atom stereocenters. The number of carbonyl (C=O) groups is 1. The fraction of sp³-hybridized carbons (Fsp3) is 0.923. The number of hydrogen-bond donors (Lipinski definition) is 0. The van der Waals surface area contributed by atoms with E-state index >= 15 is 0 Å². The molecule has 0 saturated heterocycles. The van der Waals surface area contributed by atoms with Crippen LogP contribution in [0.2, 0.25) is 0 Å². The average molecular weight is 229 g/mol. The molecule has 0 aromatic heterocycles. The van der Waals surface area contributed by atoms with E-state index in [0.29, 0.717) is 6.61 Å². The molecule has 3 heteroatoms. The molecular weight excluding hydrogens is 202 g/mol. The van der Waals surface area contributed by atoms with Crippen molar-refractivity contribution in [1.82, 2.24) is 4.90 Å². The molecule has 0 fully saturated rings. The van der Waals surface area contributed by atoms with Crippen LogP contribution < -0.4 is 0 Å². The highest BCUT2D eigenvalue weighted by atomic mass is 16.5. The van der Waals surface area contributed by atoms with E-state index in [1.54, 1.807) is 0 Å². The Morgan fingerprint density at radius 1 is 1.12 bits per heavy atom. The predicted molar refractivity (Wildman–Crippen MR) is 67.5 cm³/mol. The number of nitrogens with zero attached hydrogens (tertiary/aromatic N) is 1. The van der Waals surface area contributed by atoms with Crippen LogP contribution in [-0.2, 0) is 9.53 Å². The van der Waals surface area contributed by atoms with Crippen molar-refractivity contribution in [3.63, 3.8) is 0 Å². The quantitative estimate of drug-likeness (QED) is 0.608. The zero-order chi connectivity index (χ0) is 12.4. The van der Waals surface area contributed by atoms with E-state index in [4.69, 9.17) is 4.74 Å². The minimum atomic E-state index is -0.293. The zero-order valence-corrected chi connectivity index (χ0v) is 11.3. The highest BCUT2D eigenvalue weighted by Gasteiger charge is 2.19. The predicted octanol–water partition coefficient (Wildman–Crippen LogP) is 2.84. The van der Waals surface area contributed by atoms with E-state index in [0.717, 1.165) is 38.8 Å². The van der Waals surface area contributed by atoms with E-state index < -0.39 is 0 Å². The van der Waals surface area contributed by atoms with Gasteiger partial charge in [0.25, 0.3) is 5.91 Å². The van der Waals surface area contributed by atoms with Crippen molar-refractivity contribution >= 4 is 5.91 Å². The van der Waals surface area contributed by atoms with Crippen LogP contribution in [0.25, 0.3) is 0 Å². The first-order chi connectivity index (χ1) is 7.67. The largest absolute Gasteiger partial charge is 0.369 e. The lowest BCUT2D eigenvalue weighted by Crippen LogP contribution is -2.40. The maximum Gasteiger partial charge on any atom is 0.251 e. The fourth-order valence-electron chi connectivity index (χ4n) is 1.61. The van der Waals surface area contributed by atoms with Crippen molar-refractivity contribution in [3.05, 3.63) is 0 Å². The number of rotatable bonds is 9. The molecule has 3 nitrogen and oxygen atoms in total. The van der Waals surface area contributed by atoms with Gasteiger partial charge in [-0.25, -0.2) is 0 Å². The van der Waals surface area contributed by atoms with Crippen molar-refractivity contribution in [2.45, 2.75) is 59.5 Å². The molecule has 0 aliphatic rings. The van der Waals surface area contributed by atoms with Crippen LogP contribution in [0.15, 0.2) is 0 Å². The van der Waals surface area contributed by atoms with Crippen LogP contribution in [0, 0.1) is 0 Å². The van der Waals surface area contributed by atoms with Crippen LogP contribution in [0.5, 0.6) is 0 Å². The Balaban J connectivity index is 4.18. The van der Waals surface area contributed by atoms with Gasteiger partial charge in [-0.15, -0.1) is 0 Å². The normalized spacial score (nSPS) is 12.5. The monoisotopic (exact) mass is 229 g/mol. The van der Waals surface area contributed by atoms with Crippen LogP contribution in [0.4, 0.5) is 0 Å². The summed E-state index contributed by atoms with van der Waals surface area (Å²) in [6, 6.07) is 0. The van der Waals surface area contributed by atoms with Crippen LogP contribution in [-0.4, -0.2) is 36.6 Å². The lowest BCUT2D eigenvalue weighted by Gasteiger charge is -2.25. The fourth-order valence-corrected chi connectivity index (χ4v) is 1.61. The van der Waals surface area contributed by atoms with Gasteiger partial charge < -0.3 is 9.64 Å². The van der Waals surface area contributed by atoms with E-state index in [-0.39, 0.29) is 12.0 Å². The van der Waals surface area contributed by atoms with Crippen molar-refractivity contribution in [3.8, 4) is 0 Å². The first-order valence-electron chi connectivity index (χ1n) is 6.57. The maximum absolute atomic E-state index is 12.0. The topological polar surface area (TPSA) is 29.5 Å². The maximum atomic E-state index is 12.0. The Bertz CT molecular complexity index is 175. The number of ether oxygens (including phenoxy) is 1. The first kappa shape index (κ1) is 15.4. The van der Waals surface area contributed by atoms with Gasteiger partial charge in [0.2, 0.25) is 0 Å². The number of amides is 1. The van der Waals surface area contributed by atoms with Gasteiger partial charge in [0.15, 0.2) is 0 Å². The zero-order valence-electron chi connectivity index (χ0n) is 11.3. The molecule has 0 heterocycles. The van der Waals surface area contributed by atoms with Crippen LogP contribution >= 0.6 is 0 Å². The van der Waals surface area contributed by atoms with Gasteiger partial charge in [-0.05, 0) is 26.7 Å². The van der Waals surface area contributed by atoms with E-state index in [1.165, 1.54) is 0 Å². The van der Waals surface area contributed by atoms with Crippen molar-refractivity contribution in [2.24, 2.45) is 0 Å². The second-order valence-corrected chi connectivity index (χ2v) is 4.13. The van der Waals surface area contributed by atoms with Gasteiger partial charge in [-0.3, -0.25) is 4.79 Å². The second kappa shape index (κ2) is 9.64. The van der Waals surface area contributed by atoms with Gasteiger partial charge in [-0.1, -0.05) is 26.7 Å². The molecule has 16 heavy (non-hydrogen) atoms. The molecular formula is C13H27NO2. The van der Waals surface area contributed by atoms with Crippen molar-refractivity contribution < 1.29 is 9.53 Å². The standard InChI is InChI=1S/C13H27NO2/c1-5-8-10-14(11-9-6-2)13(15)12(4)16-7-3/h12H,5-11H2,1-4H3. The van der Waals surface area contributed by atoms with Crippen molar-refractivity contribution in [2.75, 3.05) is 19.7 Å². The summed E-state index contributed by atoms with van der Waals surface area (Å²) < 4.78 is 5.35. The first-order valence-corrected chi connectivity index (χ1v) is 6.57. The summed E-state index contributed by atoms with van der Waals surface area (Å²) in [5, 5.41) is 0. The summed E-state index contributed by atoms with van der Waals surface area (Å²) in [6.07, 6.45) is 4.11. The van der Waals surface area contributed by atoms with Crippen molar-refractivity contribution in [1.29, 1.82) is 0 Å². The lowest BCUT2D eigenvalue weighted by molar-refractivity contribution is -0.142. The van der Waals surface area contributed by atoms with E-state index in [1.807, 2.05) is 18.7 Å². The third-order valence-electron chi connectivity index (χ3n) is 2.64. The minimum absolute atomic E-state index is 0.142. The van der Waals surface area contributed by atoms with E-state index in [2.05, 4.69) is 13.8 Å². The lowest BCUT2D eigenvalue weighted by atomic mass is 10.2. The number of carbonyl (C=O) groups excluding carboxylic acids is 1. The Morgan fingerprint density at radius 3 is 2.00 bits per heavy atom. The van der Waals surface area contributed by atoms with Gasteiger partial charge in [-0.2, -0.15) is 0 Å². The molecule has 0 bridgehead atoms. The third kappa shape index (κ3) is 6.11. The second-order valence-electron chi connectivity index (χ2n) is 4.13. The molecule has 0 aliphatic carbocycles. The molecule has 0 radical (unpaired) electrons. The van der Waals surface area contributed by atoms with Crippen LogP contribution in [0.1, 0.15) is 53.4 Å². The Labute approximate surface area is 100 Å². The Morgan fingerprint density at radius 2 is 1.62 bits per heavy atom. The molecule has 0 saturated carbocycles. The summed E-state index contributed by atoms with van der Waals surface area (Å²) in [5.41, 5.74) is 0.